The molecule has 3 amide bonds. The van der Waals surface area contributed by atoms with Crippen molar-refractivity contribution in [3.63, 3.8) is 0 Å². The predicted octanol–water partition coefficient (Wildman–Crippen LogP) is 3.73. The number of amides is 3. The smallest absolute Gasteiger partial charge is 0.244 e. The lowest BCUT2D eigenvalue weighted by atomic mass is 9.55. The van der Waals surface area contributed by atoms with Crippen LogP contribution in [0.25, 0.3) is 0 Å². The Balaban J connectivity index is 1.38. The van der Waals surface area contributed by atoms with Crippen LogP contribution in [-0.4, -0.2) is 34.3 Å². The number of phenolic OH excluding ortho intramolecular Hbond substituents is 1. The molecular formula is C26H19BrN2O4. The molecule has 2 bridgehead atoms. The van der Waals surface area contributed by atoms with Gasteiger partial charge in [-0.05, 0) is 46.5 Å². The van der Waals surface area contributed by atoms with Crippen LogP contribution in [0.1, 0.15) is 28.2 Å². The van der Waals surface area contributed by atoms with Crippen molar-refractivity contribution in [3.8, 4) is 5.75 Å². The number of rotatable bonds is 3. The summed E-state index contributed by atoms with van der Waals surface area (Å²) in [5.41, 5.74) is 4.58. The molecule has 3 aliphatic carbocycles. The molecule has 0 aromatic heterocycles. The molecule has 1 heterocycles. The topological polar surface area (TPSA) is 86.7 Å². The van der Waals surface area contributed by atoms with Crippen molar-refractivity contribution in [2.45, 2.75) is 10.2 Å². The number of carbonyl (C=O) groups is 3. The van der Waals surface area contributed by atoms with Crippen LogP contribution in [0.15, 0.2) is 72.8 Å². The highest BCUT2D eigenvalue weighted by Crippen LogP contribution is 2.66. The Labute approximate surface area is 198 Å². The van der Waals surface area contributed by atoms with Crippen LogP contribution in [0.4, 0.5) is 5.69 Å². The van der Waals surface area contributed by atoms with Crippen LogP contribution >= 0.6 is 15.9 Å². The van der Waals surface area contributed by atoms with Crippen LogP contribution < -0.4 is 5.32 Å². The molecular weight excluding hydrogens is 484 g/mol. The highest BCUT2D eigenvalue weighted by atomic mass is 79.9. The number of benzene rings is 3. The summed E-state index contributed by atoms with van der Waals surface area (Å²) >= 11 is 3.94. The summed E-state index contributed by atoms with van der Waals surface area (Å²) in [7, 11) is 0. The molecule has 0 saturated carbocycles. The van der Waals surface area contributed by atoms with Gasteiger partial charge < -0.3 is 10.4 Å². The van der Waals surface area contributed by atoms with Gasteiger partial charge in [-0.3, -0.25) is 19.3 Å². The number of hydrogen-bond acceptors (Lipinski definition) is 4. The highest BCUT2D eigenvalue weighted by Gasteiger charge is 2.67. The zero-order valence-electron chi connectivity index (χ0n) is 17.4. The van der Waals surface area contributed by atoms with E-state index in [9.17, 15) is 19.5 Å². The van der Waals surface area contributed by atoms with Crippen molar-refractivity contribution >= 4 is 39.3 Å². The maximum absolute atomic E-state index is 13.7. The Kier molecular flexibility index (Phi) is 4.29. The normalized spacial score (nSPS) is 26.6. The Morgan fingerprint density at radius 3 is 2.09 bits per heavy atom. The van der Waals surface area contributed by atoms with Crippen LogP contribution in [0.3, 0.4) is 0 Å². The van der Waals surface area contributed by atoms with Gasteiger partial charge in [0, 0.05) is 11.6 Å². The first kappa shape index (κ1) is 20.2. The standard InChI is InChI=1S/C26H19BrN2O4/c27-26-18-7-3-1-5-16(18)21(17-6-2-4-8-19(17)26)22-23(26)25(33)29(24(22)32)13-20(31)28-14-9-11-15(30)12-10-14/h1-12,21-23,30H,13H2,(H,28,31)/t21?,22-,23-,26?/m0/s1. The second-order valence-electron chi connectivity index (χ2n) is 8.73. The lowest BCUT2D eigenvalue weighted by molar-refractivity contribution is -0.142. The van der Waals surface area contributed by atoms with Crippen LogP contribution in [0.2, 0.25) is 0 Å². The zero-order chi connectivity index (χ0) is 22.9. The molecule has 3 aromatic rings. The highest BCUT2D eigenvalue weighted by molar-refractivity contribution is 9.09. The van der Waals surface area contributed by atoms with Crippen molar-refractivity contribution in [3.05, 3.63) is 95.1 Å². The first-order valence-electron chi connectivity index (χ1n) is 10.7. The lowest BCUT2D eigenvalue weighted by Gasteiger charge is -2.51. The van der Waals surface area contributed by atoms with E-state index in [-0.39, 0.29) is 30.0 Å². The van der Waals surface area contributed by atoms with Gasteiger partial charge in [0.1, 0.15) is 12.3 Å². The zero-order valence-corrected chi connectivity index (χ0v) is 19.0. The van der Waals surface area contributed by atoms with Crippen molar-refractivity contribution in [1.29, 1.82) is 0 Å². The summed E-state index contributed by atoms with van der Waals surface area (Å²) in [5.74, 6) is -2.46. The average molecular weight is 503 g/mol. The molecule has 1 saturated heterocycles. The number of halogens is 1. The predicted molar refractivity (Wildman–Crippen MR) is 125 cm³/mol. The maximum atomic E-state index is 13.7. The third-order valence-electron chi connectivity index (χ3n) is 7.06. The largest absolute Gasteiger partial charge is 0.508 e. The van der Waals surface area contributed by atoms with Gasteiger partial charge in [0.2, 0.25) is 17.7 Å². The monoisotopic (exact) mass is 502 g/mol. The van der Waals surface area contributed by atoms with Gasteiger partial charge in [0.05, 0.1) is 16.2 Å². The second-order valence-corrected chi connectivity index (χ2v) is 9.98. The minimum absolute atomic E-state index is 0.0826. The van der Waals surface area contributed by atoms with Crippen molar-refractivity contribution in [1.82, 2.24) is 4.90 Å². The Morgan fingerprint density at radius 2 is 1.48 bits per heavy atom. The van der Waals surface area contributed by atoms with Gasteiger partial charge in [-0.1, -0.05) is 64.5 Å². The van der Waals surface area contributed by atoms with E-state index in [1.54, 1.807) is 12.1 Å². The molecule has 4 aliphatic rings. The molecule has 2 N–H and O–H groups in total. The molecule has 7 heteroatoms. The summed E-state index contributed by atoms with van der Waals surface area (Å²) in [4.78, 5) is 41.1. The third-order valence-corrected chi connectivity index (χ3v) is 8.41. The fourth-order valence-electron chi connectivity index (χ4n) is 5.78. The summed E-state index contributed by atoms with van der Waals surface area (Å²) < 4.78 is -0.825. The minimum atomic E-state index is -0.825. The van der Waals surface area contributed by atoms with Crippen LogP contribution in [-0.2, 0) is 18.7 Å². The molecule has 0 radical (unpaired) electrons. The van der Waals surface area contributed by atoms with Crippen LogP contribution in [0.5, 0.6) is 5.75 Å². The summed E-state index contributed by atoms with van der Waals surface area (Å²) in [6, 6.07) is 21.9. The summed E-state index contributed by atoms with van der Waals surface area (Å²) in [6.07, 6.45) is 0. The van der Waals surface area contributed by atoms with E-state index in [2.05, 4.69) is 21.2 Å². The maximum Gasteiger partial charge on any atom is 0.244 e. The number of anilines is 1. The number of likely N-dealkylation sites (tertiary alicyclic amines) is 1. The van der Waals surface area contributed by atoms with Gasteiger partial charge in [0.15, 0.2) is 0 Å². The minimum Gasteiger partial charge on any atom is -0.508 e. The third kappa shape index (κ3) is 2.69. The molecule has 6 nitrogen and oxygen atoms in total. The van der Waals surface area contributed by atoms with E-state index in [4.69, 9.17) is 0 Å². The van der Waals surface area contributed by atoms with Crippen molar-refractivity contribution < 1.29 is 19.5 Å². The average Bonchev–Trinajstić information content (AvgIpc) is 3.07. The Morgan fingerprint density at radius 1 is 0.909 bits per heavy atom. The summed E-state index contributed by atoms with van der Waals surface area (Å²) in [5, 5.41) is 12.1. The van der Waals surface area contributed by atoms with Gasteiger partial charge >= 0.3 is 0 Å². The number of carbonyl (C=O) groups excluding carboxylic acids is 3. The quantitative estimate of drug-likeness (QED) is 0.324. The molecule has 33 heavy (non-hydrogen) atoms. The molecule has 0 unspecified atom stereocenters. The van der Waals surface area contributed by atoms with E-state index in [1.165, 1.54) is 12.1 Å². The molecule has 7 rings (SSSR count). The molecule has 164 valence electrons. The Bertz CT molecular complexity index is 1290. The first-order chi connectivity index (χ1) is 15.9. The lowest BCUT2D eigenvalue weighted by Crippen LogP contribution is -2.50. The Hall–Kier alpha value is -3.45. The number of alkyl halides is 1. The number of nitrogens with zero attached hydrogens (tertiary/aromatic N) is 1. The van der Waals surface area contributed by atoms with E-state index in [1.807, 2.05) is 48.5 Å². The fourth-order valence-corrected chi connectivity index (χ4v) is 6.99. The fraction of sp³-hybridized carbons (Fsp3) is 0.192. The molecule has 2 atom stereocenters. The number of nitrogens with one attached hydrogen (secondary N) is 1. The van der Waals surface area contributed by atoms with Crippen molar-refractivity contribution in [2.24, 2.45) is 11.8 Å². The van der Waals surface area contributed by atoms with Gasteiger partial charge in [-0.2, -0.15) is 0 Å². The number of hydrogen-bond donors (Lipinski definition) is 2. The molecule has 0 spiro atoms. The number of phenols is 1. The summed E-state index contributed by atoms with van der Waals surface area (Å²) in [6.45, 7) is -0.353. The first-order valence-corrected chi connectivity index (χ1v) is 11.5. The van der Waals surface area contributed by atoms with Crippen molar-refractivity contribution in [2.75, 3.05) is 11.9 Å². The number of aromatic hydroxyl groups is 1. The van der Waals surface area contributed by atoms with E-state index in [0.29, 0.717) is 5.69 Å². The number of imide groups is 1. The van der Waals surface area contributed by atoms with Gasteiger partial charge in [0.25, 0.3) is 0 Å². The molecule has 1 aliphatic heterocycles. The second kappa shape index (κ2) is 7.02. The SMILES string of the molecule is O=C(CN1C(=O)[C@@H]2[C@@H](C1=O)C1c3ccccc3C2(Br)c2ccccc21)Nc1ccc(O)cc1. The van der Waals surface area contributed by atoms with E-state index < -0.39 is 22.1 Å². The molecule has 1 fully saturated rings. The van der Waals surface area contributed by atoms with Gasteiger partial charge in [-0.15, -0.1) is 0 Å². The molecule has 3 aromatic carbocycles. The van der Waals surface area contributed by atoms with E-state index >= 15 is 0 Å². The van der Waals surface area contributed by atoms with Gasteiger partial charge in [-0.25, -0.2) is 0 Å². The van der Waals surface area contributed by atoms with E-state index in [0.717, 1.165) is 27.2 Å². The van der Waals surface area contributed by atoms with Crippen LogP contribution in [0, 0.1) is 11.8 Å².